The van der Waals surface area contributed by atoms with Crippen molar-refractivity contribution in [2.24, 2.45) is 5.73 Å². The molecule has 0 aromatic heterocycles. The lowest BCUT2D eigenvalue weighted by molar-refractivity contribution is -0.137. The van der Waals surface area contributed by atoms with Crippen molar-refractivity contribution in [3.8, 4) is 0 Å². The van der Waals surface area contributed by atoms with Crippen LogP contribution in [0.25, 0.3) is 0 Å². The predicted molar refractivity (Wildman–Crippen MR) is 77.7 cm³/mol. The lowest BCUT2D eigenvalue weighted by Gasteiger charge is -2.35. The summed E-state index contributed by atoms with van der Waals surface area (Å²) in [4.78, 5) is 14.3. The van der Waals surface area contributed by atoms with Gasteiger partial charge in [0.1, 0.15) is 0 Å². The summed E-state index contributed by atoms with van der Waals surface area (Å²) in [5.41, 5.74) is 8.05. The highest BCUT2D eigenvalue weighted by Crippen LogP contribution is 2.27. The van der Waals surface area contributed by atoms with Gasteiger partial charge >= 0.3 is 0 Å². The second kappa shape index (κ2) is 5.74. The highest BCUT2D eigenvalue weighted by Gasteiger charge is 2.37. The molecule has 1 aliphatic carbocycles. The zero-order valence-corrected chi connectivity index (χ0v) is 12.0. The van der Waals surface area contributed by atoms with Crippen molar-refractivity contribution in [3.63, 3.8) is 0 Å². The average Bonchev–Trinajstić information content (AvgIpc) is 2.38. The lowest BCUT2D eigenvalue weighted by atomic mass is 9.81. The molecule has 1 aliphatic rings. The van der Waals surface area contributed by atoms with E-state index in [1.807, 2.05) is 13.1 Å². The molecule has 3 heteroatoms. The number of amides is 1. The van der Waals surface area contributed by atoms with Crippen molar-refractivity contribution in [2.75, 3.05) is 7.05 Å². The molecule has 0 heterocycles. The number of carbonyl (C=O) groups excluding carboxylic acids is 1. The third kappa shape index (κ3) is 3.35. The summed E-state index contributed by atoms with van der Waals surface area (Å²) in [7, 11) is 1.86. The molecule has 0 bridgehead atoms. The second-order valence-corrected chi connectivity index (χ2v) is 5.87. The molecule has 0 spiro atoms. The number of benzene rings is 1. The third-order valence-electron chi connectivity index (χ3n) is 4.02. The Balaban J connectivity index is 2.03. The van der Waals surface area contributed by atoms with Crippen LogP contribution >= 0.6 is 0 Å². The molecule has 1 saturated carbocycles. The molecule has 0 atom stereocenters. The first-order valence-electron chi connectivity index (χ1n) is 7.11. The molecule has 19 heavy (non-hydrogen) atoms. The van der Waals surface area contributed by atoms with Gasteiger partial charge in [0.05, 0.1) is 5.54 Å². The van der Waals surface area contributed by atoms with Crippen molar-refractivity contribution in [1.29, 1.82) is 0 Å². The van der Waals surface area contributed by atoms with Crippen LogP contribution in [0.3, 0.4) is 0 Å². The minimum absolute atomic E-state index is 0.0914. The van der Waals surface area contributed by atoms with E-state index in [-0.39, 0.29) is 5.91 Å². The summed E-state index contributed by atoms with van der Waals surface area (Å²) in [6.07, 6.45) is 4.99. The van der Waals surface area contributed by atoms with Crippen molar-refractivity contribution in [3.05, 3.63) is 35.4 Å². The third-order valence-corrected chi connectivity index (χ3v) is 4.02. The maximum atomic E-state index is 12.5. The average molecular weight is 260 g/mol. The zero-order valence-electron chi connectivity index (χ0n) is 12.0. The summed E-state index contributed by atoms with van der Waals surface area (Å²) in [6.45, 7) is 2.70. The Kier molecular flexibility index (Phi) is 4.25. The Bertz CT molecular complexity index is 450. The summed E-state index contributed by atoms with van der Waals surface area (Å²) in [6, 6.07) is 8.27. The fraction of sp³-hybridized carbons (Fsp3) is 0.562. The topological polar surface area (TPSA) is 46.3 Å². The standard InChI is InChI=1S/C16H24N2O/c1-13-7-6-8-14(11-13)12-18(2)15(19)16(17)9-4-3-5-10-16/h6-8,11H,3-5,9-10,12,17H2,1-2H3. The van der Waals surface area contributed by atoms with Gasteiger partial charge in [-0.2, -0.15) is 0 Å². The van der Waals surface area contributed by atoms with Crippen LogP contribution in [-0.2, 0) is 11.3 Å². The van der Waals surface area contributed by atoms with Gasteiger partial charge in [0, 0.05) is 13.6 Å². The highest BCUT2D eigenvalue weighted by molar-refractivity contribution is 5.86. The van der Waals surface area contributed by atoms with E-state index in [0.29, 0.717) is 6.54 Å². The number of aryl methyl sites for hydroxylation is 1. The van der Waals surface area contributed by atoms with Gasteiger partial charge in [0.15, 0.2) is 0 Å². The van der Waals surface area contributed by atoms with Crippen LogP contribution in [0.15, 0.2) is 24.3 Å². The van der Waals surface area contributed by atoms with Crippen LogP contribution in [0.4, 0.5) is 0 Å². The van der Waals surface area contributed by atoms with E-state index in [2.05, 4.69) is 25.1 Å². The van der Waals surface area contributed by atoms with Crippen molar-refractivity contribution < 1.29 is 4.79 Å². The quantitative estimate of drug-likeness (QED) is 0.908. The predicted octanol–water partition coefficient (Wildman–Crippen LogP) is 2.62. The largest absolute Gasteiger partial charge is 0.340 e. The first-order valence-corrected chi connectivity index (χ1v) is 7.11. The molecule has 104 valence electrons. The molecular formula is C16H24N2O. The van der Waals surface area contributed by atoms with Gasteiger partial charge in [0.2, 0.25) is 5.91 Å². The molecule has 1 aromatic carbocycles. The fourth-order valence-corrected chi connectivity index (χ4v) is 2.93. The van der Waals surface area contributed by atoms with Crippen molar-refractivity contribution in [2.45, 2.75) is 51.1 Å². The van der Waals surface area contributed by atoms with Gasteiger partial charge in [-0.05, 0) is 25.3 Å². The highest BCUT2D eigenvalue weighted by atomic mass is 16.2. The van der Waals surface area contributed by atoms with E-state index in [1.165, 1.54) is 12.0 Å². The minimum atomic E-state index is -0.628. The number of likely N-dealkylation sites (N-methyl/N-ethyl adjacent to an activating group) is 1. The van der Waals surface area contributed by atoms with Gasteiger partial charge in [0.25, 0.3) is 0 Å². The number of hydrogen-bond acceptors (Lipinski definition) is 2. The Morgan fingerprint density at radius 2 is 2.00 bits per heavy atom. The summed E-state index contributed by atoms with van der Waals surface area (Å²) >= 11 is 0. The van der Waals surface area contributed by atoms with Gasteiger partial charge in [-0.25, -0.2) is 0 Å². The first-order chi connectivity index (χ1) is 9.01. The van der Waals surface area contributed by atoms with Crippen LogP contribution in [-0.4, -0.2) is 23.4 Å². The smallest absolute Gasteiger partial charge is 0.242 e. The molecule has 0 unspecified atom stereocenters. The van der Waals surface area contributed by atoms with Gasteiger partial charge in [-0.15, -0.1) is 0 Å². The van der Waals surface area contributed by atoms with Crippen LogP contribution in [0.1, 0.15) is 43.2 Å². The van der Waals surface area contributed by atoms with Crippen LogP contribution in [0.5, 0.6) is 0 Å². The van der Waals surface area contributed by atoms with E-state index >= 15 is 0 Å². The van der Waals surface area contributed by atoms with Crippen LogP contribution in [0.2, 0.25) is 0 Å². The van der Waals surface area contributed by atoms with E-state index in [9.17, 15) is 4.79 Å². The van der Waals surface area contributed by atoms with Crippen LogP contribution in [0, 0.1) is 6.92 Å². The monoisotopic (exact) mass is 260 g/mol. The number of carbonyl (C=O) groups is 1. The Morgan fingerprint density at radius 3 is 2.63 bits per heavy atom. The van der Waals surface area contributed by atoms with E-state index in [1.54, 1.807) is 4.90 Å². The second-order valence-electron chi connectivity index (χ2n) is 5.87. The van der Waals surface area contributed by atoms with Gasteiger partial charge in [-0.3, -0.25) is 4.79 Å². The number of nitrogens with two attached hydrogens (primary N) is 1. The first kappa shape index (κ1) is 14.1. The molecule has 0 saturated heterocycles. The van der Waals surface area contributed by atoms with Crippen molar-refractivity contribution in [1.82, 2.24) is 4.90 Å². The zero-order chi connectivity index (χ0) is 13.9. The maximum Gasteiger partial charge on any atom is 0.242 e. The Morgan fingerprint density at radius 1 is 1.32 bits per heavy atom. The summed E-state index contributed by atoms with van der Waals surface area (Å²) in [5.74, 6) is 0.0914. The fourth-order valence-electron chi connectivity index (χ4n) is 2.93. The van der Waals surface area contributed by atoms with E-state index in [0.717, 1.165) is 31.2 Å². The van der Waals surface area contributed by atoms with E-state index < -0.39 is 5.54 Å². The molecule has 1 amide bonds. The molecule has 0 radical (unpaired) electrons. The number of rotatable bonds is 3. The molecular weight excluding hydrogens is 236 g/mol. The molecule has 2 rings (SSSR count). The molecule has 1 fully saturated rings. The summed E-state index contributed by atoms with van der Waals surface area (Å²) < 4.78 is 0. The van der Waals surface area contributed by atoms with Gasteiger partial charge < -0.3 is 10.6 Å². The SMILES string of the molecule is Cc1cccc(CN(C)C(=O)C2(N)CCCCC2)c1. The molecule has 1 aromatic rings. The molecule has 0 aliphatic heterocycles. The van der Waals surface area contributed by atoms with Crippen molar-refractivity contribution >= 4 is 5.91 Å². The molecule has 3 nitrogen and oxygen atoms in total. The van der Waals surface area contributed by atoms with Gasteiger partial charge in [-0.1, -0.05) is 49.1 Å². The maximum absolute atomic E-state index is 12.5. The van der Waals surface area contributed by atoms with E-state index in [4.69, 9.17) is 5.73 Å². The molecule has 2 N–H and O–H groups in total. The lowest BCUT2D eigenvalue weighted by Crippen LogP contribution is -2.55. The minimum Gasteiger partial charge on any atom is -0.340 e. The summed E-state index contributed by atoms with van der Waals surface area (Å²) in [5, 5.41) is 0. The Labute approximate surface area is 115 Å². The van der Waals surface area contributed by atoms with Crippen LogP contribution < -0.4 is 5.73 Å². The Hall–Kier alpha value is -1.35. The number of hydrogen-bond donors (Lipinski definition) is 1. The normalized spacial score (nSPS) is 18.1. The number of nitrogens with zero attached hydrogens (tertiary/aromatic N) is 1.